The molecule has 0 bridgehead atoms. The molecule has 14 nitrogen and oxygen atoms in total. The van der Waals surface area contributed by atoms with Gasteiger partial charge in [0.1, 0.15) is 12.2 Å². The molecule has 2 unspecified atom stereocenters. The van der Waals surface area contributed by atoms with E-state index in [1.807, 2.05) is 0 Å². The van der Waals surface area contributed by atoms with Gasteiger partial charge in [-0.15, -0.1) is 0 Å². The molecule has 0 aromatic rings. The van der Waals surface area contributed by atoms with Gasteiger partial charge in [0.25, 0.3) is 0 Å². The van der Waals surface area contributed by atoms with Gasteiger partial charge < -0.3 is 44.5 Å². The third-order valence-electron chi connectivity index (χ3n) is 2.55. The summed E-state index contributed by atoms with van der Waals surface area (Å²) in [4.78, 5) is 44.0. The highest BCUT2D eigenvalue weighted by atomic mass is 31.3. The molecule has 0 aromatic heterocycles. The van der Waals surface area contributed by atoms with Crippen LogP contribution < -0.4 is 0 Å². The van der Waals surface area contributed by atoms with Gasteiger partial charge in [-0.25, -0.2) is 9.13 Å². The number of phosphoric ester groups is 1. The quantitative estimate of drug-likeness (QED) is 0.213. The van der Waals surface area contributed by atoms with E-state index in [9.17, 15) is 23.9 Å². The zero-order valence-electron chi connectivity index (χ0n) is 10.3. The Morgan fingerprint density at radius 1 is 1.05 bits per heavy atom. The van der Waals surface area contributed by atoms with Gasteiger partial charge in [0.15, 0.2) is 6.29 Å². The molecular formula is C5H13O14P3. The van der Waals surface area contributed by atoms with Crippen LogP contribution in [0.4, 0.5) is 0 Å². The summed E-state index contributed by atoms with van der Waals surface area (Å²) in [5.41, 5.74) is 0. The minimum atomic E-state index is -5.54. The lowest BCUT2D eigenvalue weighted by Gasteiger charge is -2.29. The minimum Gasteiger partial charge on any atom is -0.393 e. The van der Waals surface area contributed by atoms with Gasteiger partial charge >= 0.3 is 23.2 Å². The standard InChI is InChI=1S/C5H13O14P3/c6-1-5(20(9,10)11)3(8)2(7)4(17-5)18-22(15,16)19-21(12,13)14/h2-4,6-8H,1H2,(H,15,16)(H2,9,10,11)(H2,12,13,14)/t2-,3+,4?,5+/m1/s1. The highest BCUT2D eigenvalue weighted by molar-refractivity contribution is 7.60. The SMILES string of the molecule is O=P(O)(O)OP(=O)(O)OC1O[C@@](CO)(P(=O)(O)O)[C@@H](O)[C@H]1O. The molecule has 0 spiro atoms. The van der Waals surface area contributed by atoms with Crippen LogP contribution in [0.3, 0.4) is 0 Å². The predicted molar refractivity (Wildman–Crippen MR) is 62.8 cm³/mol. The Morgan fingerprint density at radius 2 is 1.55 bits per heavy atom. The van der Waals surface area contributed by atoms with Crippen molar-refractivity contribution in [2.24, 2.45) is 0 Å². The van der Waals surface area contributed by atoms with Crippen LogP contribution in [0.2, 0.25) is 0 Å². The molecule has 0 amide bonds. The van der Waals surface area contributed by atoms with Gasteiger partial charge in [0.2, 0.25) is 5.34 Å². The molecule has 1 fully saturated rings. The van der Waals surface area contributed by atoms with Crippen LogP contribution >= 0.6 is 23.2 Å². The summed E-state index contributed by atoms with van der Waals surface area (Å²) < 4.78 is 44.8. The smallest absolute Gasteiger partial charge is 0.393 e. The number of hydrogen-bond acceptors (Lipinski definition) is 9. The second kappa shape index (κ2) is 6.28. The predicted octanol–water partition coefficient (Wildman–Crippen LogP) is -2.84. The minimum absolute atomic E-state index is 1.51. The first-order valence-electron chi connectivity index (χ1n) is 5.14. The molecule has 1 aliphatic heterocycles. The second-order valence-corrected chi connectivity index (χ2v) is 8.74. The largest absolute Gasteiger partial charge is 0.483 e. The van der Waals surface area contributed by atoms with Gasteiger partial charge in [-0.3, -0.25) is 9.09 Å². The van der Waals surface area contributed by atoms with E-state index in [0.717, 1.165) is 0 Å². The fourth-order valence-electron chi connectivity index (χ4n) is 1.59. The molecule has 8 N–H and O–H groups in total. The molecule has 0 aliphatic carbocycles. The van der Waals surface area contributed by atoms with Crippen LogP contribution in [0.15, 0.2) is 0 Å². The van der Waals surface area contributed by atoms with Crippen molar-refractivity contribution >= 4 is 23.2 Å². The first kappa shape index (κ1) is 20.3. The molecule has 132 valence electrons. The van der Waals surface area contributed by atoms with E-state index in [2.05, 4.69) is 13.6 Å². The van der Waals surface area contributed by atoms with Crippen LogP contribution in [0.25, 0.3) is 0 Å². The number of rotatable bonds is 6. The van der Waals surface area contributed by atoms with Crippen molar-refractivity contribution in [1.29, 1.82) is 0 Å². The maximum atomic E-state index is 11.3. The summed E-state index contributed by atoms with van der Waals surface area (Å²) >= 11 is 0. The van der Waals surface area contributed by atoms with Crippen molar-refractivity contribution in [3.8, 4) is 0 Å². The van der Waals surface area contributed by atoms with Crippen molar-refractivity contribution in [1.82, 2.24) is 0 Å². The average molecular weight is 390 g/mol. The van der Waals surface area contributed by atoms with Crippen LogP contribution in [0.1, 0.15) is 0 Å². The monoisotopic (exact) mass is 390 g/mol. The number of hydrogen-bond donors (Lipinski definition) is 8. The normalized spacial score (nSPS) is 36.3. The molecule has 22 heavy (non-hydrogen) atoms. The van der Waals surface area contributed by atoms with Crippen molar-refractivity contribution in [3.63, 3.8) is 0 Å². The third kappa shape index (κ3) is 4.20. The molecule has 0 saturated carbocycles. The Bertz CT molecular complexity index is 549. The summed E-state index contributed by atoms with van der Waals surface area (Å²) in [6.07, 6.45) is -7.23. The zero-order chi connectivity index (χ0) is 17.6. The first-order valence-corrected chi connectivity index (χ1v) is 9.77. The molecule has 17 heteroatoms. The van der Waals surface area contributed by atoms with E-state index in [0.29, 0.717) is 0 Å². The summed E-state index contributed by atoms with van der Waals surface area (Å²) in [5, 5.41) is 25.0. The van der Waals surface area contributed by atoms with Gasteiger partial charge in [-0.05, 0) is 0 Å². The van der Waals surface area contributed by atoms with E-state index in [4.69, 9.17) is 29.6 Å². The van der Waals surface area contributed by atoms with Gasteiger partial charge in [0, 0.05) is 0 Å². The summed E-state index contributed by atoms with van der Waals surface area (Å²) in [7, 11) is -16.4. The molecule has 5 atom stereocenters. The Labute approximate surface area is 121 Å². The highest BCUT2D eigenvalue weighted by Gasteiger charge is 2.65. The fourth-order valence-corrected chi connectivity index (χ4v) is 4.17. The Morgan fingerprint density at radius 3 is 1.86 bits per heavy atom. The van der Waals surface area contributed by atoms with Gasteiger partial charge in [-0.2, -0.15) is 4.31 Å². The van der Waals surface area contributed by atoms with E-state index < -0.39 is 53.7 Å². The summed E-state index contributed by atoms with van der Waals surface area (Å²) in [6, 6.07) is 0. The van der Waals surface area contributed by atoms with Crippen LogP contribution in [-0.2, 0) is 27.3 Å². The molecular weight excluding hydrogens is 377 g/mol. The lowest BCUT2D eigenvalue weighted by molar-refractivity contribution is -0.143. The lowest BCUT2D eigenvalue weighted by Crippen LogP contribution is -2.45. The van der Waals surface area contributed by atoms with Gasteiger partial charge in [0.05, 0.1) is 6.61 Å². The number of ether oxygens (including phenoxy) is 1. The Hall–Kier alpha value is 0.250. The number of phosphoric acid groups is 2. The maximum absolute atomic E-state index is 11.3. The second-order valence-electron chi connectivity index (χ2n) is 4.11. The lowest BCUT2D eigenvalue weighted by atomic mass is 10.1. The van der Waals surface area contributed by atoms with E-state index in [-0.39, 0.29) is 0 Å². The first-order chi connectivity index (χ1) is 9.65. The topological polar surface area (TPSA) is 241 Å². The van der Waals surface area contributed by atoms with Crippen molar-refractivity contribution < 1.29 is 67.1 Å². The molecule has 0 aromatic carbocycles. The molecule has 1 heterocycles. The molecule has 1 rings (SSSR count). The maximum Gasteiger partial charge on any atom is 0.483 e. The van der Waals surface area contributed by atoms with Crippen molar-refractivity contribution in [3.05, 3.63) is 0 Å². The Kier molecular flexibility index (Phi) is 5.79. The highest BCUT2D eigenvalue weighted by Crippen LogP contribution is 2.62. The Balaban J connectivity index is 3.03. The van der Waals surface area contributed by atoms with E-state index >= 15 is 0 Å². The average Bonchev–Trinajstić information content (AvgIpc) is 2.50. The van der Waals surface area contributed by atoms with Crippen molar-refractivity contribution in [2.45, 2.75) is 23.8 Å². The van der Waals surface area contributed by atoms with Crippen LogP contribution in [-0.4, -0.2) is 70.2 Å². The van der Waals surface area contributed by atoms with E-state index in [1.54, 1.807) is 0 Å². The summed E-state index contributed by atoms with van der Waals surface area (Å²) in [6.45, 7) is -1.51. The molecule has 1 aliphatic rings. The third-order valence-corrected chi connectivity index (χ3v) is 6.20. The van der Waals surface area contributed by atoms with E-state index in [1.165, 1.54) is 0 Å². The fraction of sp³-hybridized carbons (Fsp3) is 1.00. The molecule has 0 radical (unpaired) electrons. The number of aliphatic hydroxyl groups excluding tert-OH is 3. The van der Waals surface area contributed by atoms with Crippen LogP contribution in [0, 0.1) is 0 Å². The van der Waals surface area contributed by atoms with Gasteiger partial charge in [-0.1, -0.05) is 0 Å². The zero-order valence-corrected chi connectivity index (χ0v) is 13.0. The van der Waals surface area contributed by atoms with Crippen molar-refractivity contribution in [2.75, 3.05) is 6.61 Å². The number of aliphatic hydroxyl groups is 3. The molecule has 1 saturated heterocycles. The summed E-state index contributed by atoms with van der Waals surface area (Å²) in [5.74, 6) is 0. The van der Waals surface area contributed by atoms with Crippen LogP contribution in [0.5, 0.6) is 0 Å².